The van der Waals surface area contributed by atoms with Crippen molar-refractivity contribution in [2.24, 2.45) is 0 Å². The van der Waals surface area contributed by atoms with Gasteiger partial charge in [0.25, 0.3) is 5.91 Å². The van der Waals surface area contributed by atoms with Crippen LogP contribution in [0.15, 0.2) is 84.0 Å². The summed E-state index contributed by atoms with van der Waals surface area (Å²) in [5.74, 6) is 1.94. The van der Waals surface area contributed by atoms with Gasteiger partial charge in [0.05, 0.1) is 24.6 Å². The highest BCUT2D eigenvalue weighted by Crippen LogP contribution is 2.36. The van der Waals surface area contributed by atoms with Crippen molar-refractivity contribution in [1.29, 1.82) is 0 Å². The molecule has 16 nitrogen and oxygen atoms in total. The number of para-hydroxylation sites is 1. The van der Waals surface area contributed by atoms with Crippen molar-refractivity contribution in [1.82, 2.24) is 44.7 Å². The molecule has 6 heterocycles. The van der Waals surface area contributed by atoms with Crippen molar-refractivity contribution in [2.45, 2.75) is 62.0 Å². The van der Waals surface area contributed by atoms with Gasteiger partial charge in [-0.3, -0.25) is 29.4 Å². The van der Waals surface area contributed by atoms with E-state index in [0.717, 1.165) is 98.4 Å². The Morgan fingerprint density at radius 2 is 1.64 bits per heavy atom. The van der Waals surface area contributed by atoms with E-state index in [-0.39, 0.29) is 30.2 Å². The maximum Gasteiger partial charge on any atom is 0.255 e. The first kappa shape index (κ1) is 43.4. The van der Waals surface area contributed by atoms with E-state index in [1.165, 1.54) is 6.33 Å². The molecule has 3 fully saturated rings. The van der Waals surface area contributed by atoms with E-state index in [4.69, 9.17) is 20.3 Å². The Labute approximate surface area is 376 Å². The first-order chi connectivity index (χ1) is 31.3. The number of piperidine rings is 2. The molecule has 0 spiro atoms. The van der Waals surface area contributed by atoms with Gasteiger partial charge < -0.3 is 29.9 Å². The number of carbonyl (C=O) groups excluding carboxylic acids is 4. The summed E-state index contributed by atoms with van der Waals surface area (Å²) < 4.78 is 14.0. The molecule has 17 heteroatoms. The third-order valence-electron chi connectivity index (χ3n) is 12.6. The van der Waals surface area contributed by atoms with Crippen LogP contribution in [0.4, 0.5) is 5.82 Å². The summed E-state index contributed by atoms with van der Waals surface area (Å²) in [4.78, 5) is 69.2. The van der Waals surface area contributed by atoms with Gasteiger partial charge >= 0.3 is 0 Å². The first-order valence-electron chi connectivity index (χ1n) is 22.3. The maximum atomic E-state index is 13.6. The Bertz CT molecular complexity index is 2480. The summed E-state index contributed by atoms with van der Waals surface area (Å²) in [5, 5.41) is 8.14. The number of fused-ring (bicyclic) bond motifs is 2. The molecule has 64 heavy (non-hydrogen) atoms. The van der Waals surface area contributed by atoms with Crippen molar-refractivity contribution < 1.29 is 28.7 Å². The number of nitrogens with two attached hydrogens (primary N) is 1. The number of carbonyl (C=O) groups is 4. The Hall–Kier alpha value is -5.88. The molecule has 0 bridgehead atoms. The lowest BCUT2D eigenvalue weighted by molar-refractivity contribution is -0.137. The standard InChI is InChI=1S/C47H54N10O6S/c48-44-42-43(32-13-15-35(16-14-32)63-34-8-2-1-3-9-34)52-57(45(42)50-31-49-44)33-7-5-20-55(29-33)41(59)12-6-19-53-21-23-54(24-22-53)25-26-62-27-28-64-39-11-4-10-36-37(39)30-56(47(36)61)38-17-18-40(58)51-46(38)60/h1-4,8-11,13-16,31,33,38H,5-7,12,17-30H2,(H2,48,49,50)(H,51,58,60)/t33-,38?/m1/s1. The Morgan fingerprint density at radius 3 is 2.44 bits per heavy atom. The molecular weight excluding hydrogens is 833 g/mol. The molecule has 0 aliphatic carbocycles. The van der Waals surface area contributed by atoms with E-state index in [0.29, 0.717) is 67.3 Å². The first-order valence-corrected chi connectivity index (χ1v) is 23.3. The molecule has 3 saturated heterocycles. The number of amides is 4. The highest BCUT2D eigenvalue weighted by atomic mass is 32.2. The highest BCUT2D eigenvalue weighted by molar-refractivity contribution is 7.99. The summed E-state index contributed by atoms with van der Waals surface area (Å²) in [6.45, 7) is 8.54. The summed E-state index contributed by atoms with van der Waals surface area (Å²) in [6.07, 6.45) is 5.16. The number of likely N-dealkylation sites (tertiary alicyclic amines) is 1. The summed E-state index contributed by atoms with van der Waals surface area (Å²) >= 11 is 1.66. The molecule has 4 amide bonds. The lowest BCUT2D eigenvalue weighted by atomic mass is 10.0. The zero-order valence-electron chi connectivity index (χ0n) is 35.9. The van der Waals surface area contributed by atoms with Crippen molar-refractivity contribution in [3.63, 3.8) is 0 Å². The van der Waals surface area contributed by atoms with Gasteiger partial charge in [0.2, 0.25) is 17.7 Å². The van der Waals surface area contributed by atoms with Crippen LogP contribution in [0.25, 0.3) is 22.3 Å². The molecule has 3 aromatic carbocycles. The highest BCUT2D eigenvalue weighted by Gasteiger charge is 2.40. The van der Waals surface area contributed by atoms with Crippen LogP contribution in [0.5, 0.6) is 11.5 Å². The number of anilines is 1. The maximum absolute atomic E-state index is 13.6. The summed E-state index contributed by atoms with van der Waals surface area (Å²) in [7, 11) is 0. The minimum Gasteiger partial charge on any atom is -0.457 e. The molecule has 3 N–H and O–H groups in total. The van der Waals surface area contributed by atoms with E-state index >= 15 is 0 Å². The Kier molecular flexibility index (Phi) is 13.5. The molecule has 334 valence electrons. The van der Waals surface area contributed by atoms with Crippen LogP contribution < -0.4 is 15.8 Å². The number of thioether (sulfide) groups is 1. The van der Waals surface area contributed by atoms with Gasteiger partial charge in [-0.1, -0.05) is 24.3 Å². The van der Waals surface area contributed by atoms with Gasteiger partial charge in [-0.25, -0.2) is 14.6 Å². The molecule has 2 atom stereocenters. The third kappa shape index (κ3) is 9.77. The minimum absolute atomic E-state index is 0.0313. The molecule has 9 rings (SSSR count). The molecule has 2 aromatic heterocycles. The largest absolute Gasteiger partial charge is 0.457 e. The van der Waals surface area contributed by atoms with Crippen LogP contribution in [0.2, 0.25) is 0 Å². The van der Waals surface area contributed by atoms with Crippen molar-refractivity contribution >= 4 is 52.2 Å². The number of nitrogens with one attached hydrogen (secondary N) is 1. The second-order valence-corrected chi connectivity index (χ2v) is 17.9. The number of rotatable bonds is 16. The second kappa shape index (κ2) is 19.9. The molecular formula is C47H54N10O6S. The zero-order chi connectivity index (χ0) is 44.0. The number of benzene rings is 3. The van der Waals surface area contributed by atoms with Crippen LogP contribution in [-0.2, 0) is 25.7 Å². The van der Waals surface area contributed by atoms with Crippen LogP contribution in [-0.4, -0.2) is 140 Å². The van der Waals surface area contributed by atoms with Crippen LogP contribution in [0, 0.1) is 0 Å². The second-order valence-electron chi connectivity index (χ2n) is 16.8. The Balaban J connectivity index is 0.685. The van der Waals surface area contributed by atoms with Crippen LogP contribution in [0.3, 0.4) is 0 Å². The minimum atomic E-state index is -0.619. The van der Waals surface area contributed by atoms with Crippen molar-refractivity contribution in [2.75, 3.05) is 77.1 Å². The van der Waals surface area contributed by atoms with Crippen molar-refractivity contribution in [3.8, 4) is 22.8 Å². The number of hydrogen-bond acceptors (Lipinski definition) is 13. The molecule has 4 aliphatic heterocycles. The molecule has 1 unspecified atom stereocenters. The number of nitrogens with zero attached hydrogens (tertiary/aromatic N) is 8. The smallest absolute Gasteiger partial charge is 0.255 e. The van der Waals surface area contributed by atoms with E-state index in [1.807, 2.05) is 82.4 Å². The SMILES string of the molecule is Nc1ncnc2c1c(-c1ccc(Oc3ccccc3)cc1)nn2[C@@H]1CCCN(C(=O)CCCN2CCN(CCOCCSc3cccc4c3CN(C3CCC(=O)NC3=O)C4=O)CC2)C1. The number of piperazine rings is 1. The normalized spacial score (nSPS) is 19.6. The predicted octanol–water partition coefficient (Wildman–Crippen LogP) is 5.00. The number of hydrogen-bond donors (Lipinski definition) is 2. The molecule has 0 saturated carbocycles. The van der Waals surface area contributed by atoms with Gasteiger partial charge in [0.1, 0.15) is 35.4 Å². The monoisotopic (exact) mass is 886 g/mol. The van der Waals surface area contributed by atoms with Gasteiger partial charge in [-0.2, -0.15) is 5.10 Å². The molecule has 5 aromatic rings. The number of ether oxygens (including phenoxy) is 2. The zero-order valence-corrected chi connectivity index (χ0v) is 36.7. The van der Waals surface area contributed by atoms with E-state index in [2.05, 4.69) is 25.1 Å². The molecule has 4 aliphatic rings. The summed E-state index contributed by atoms with van der Waals surface area (Å²) in [6, 6.07) is 22.5. The quantitative estimate of drug-likeness (QED) is 0.0769. The molecule has 0 radical (unpaired) electrons. The van der Waals surface area contributed by atoms with Gasteiger partial charge in [-0.05, 0) is 86.3 Å². The van der Waals surface area contributed by atoms with Crippen LogP contribution in [0.1, 0.15) is 60.5 Å². The van der Waals surface area contributed by atoms with Crippen molar-refractivity contribution in [3.05, 3.63) is 90.3 Å². The van der Waals surface area contributed by atoms with Crippen LogP contribution >= 0.6 is 11.8 Å². The fourth-order valence-corrected chi connectivity index (χ4v) is 10.1. The topological polar surface area (TPSA) is 181 Å². The van der Waals surface area contributed by atoms with Gasteiger partial charge in [0.15, 0.2) is 5.65 Å². The van der Waals surface area contributed by atoms with Gasteiger partial charge in [0, 0.05) is 87.0 Å². The van der Waals surface area contributed by atoms with Gasteiger partial charge in [-0.15, -0.1) is 11.8 Å². The van der Waals surface area contributed by atoms with E-state index in [1.54, 1.807) is 16.7 Å². The number of nitrogen functional groups attached to an aromatic ring is 1. The fraction of sp³-hybridized carbons (Fsp3) is 0.426. The average Bonchev–Trinajstić information content (AvgIpc) is 3.88. The predicted molar refractivity (Wildman–Crippen MR) is 243 cm³/mol. The summed E-state index contributed by atoms with van der Waals surface area (Å²) in [5.41, 5.74) is 10.3. The fourth-order valence-electron chi connectivity index (χ4n) is 9.19. The van der Waals surface area contributed by atoms with E-state index in [9.17, 15) is 19.2 Å². The number of imide groups is 1. The average molecular weight is 887 g/mol. The third-order valence-corrected chi connectivity index (χ3v) is 13.7. The van der Waals surface area contributed by atoms with E-state index < -0.39 is 11.9 Å². The number of aromatic nitrogens is 4. The lowest BCUT2D eigenvalue weighted by Crippen LogP contribution is -2.52. The Morgan fingerprint density at radius 1 is 0.859 bits per heavy atom. The lowest BCUT2D eigenvalue weighted by Gasteiger charge is -2.35.